The number of benzene rings is 2. The number of nitrogens with one attached hydrogen (secondary N) is 1. The van der Waals surface area contributed by atoms with Crippen molar-refractivity contribution >= 4 is 21.8 Å². The SMILES string of the molecule is Cc1c(Br)cccc1C(=O)NCCc1ccc(F)cc1. The van der Waals surface area contributed by atoms with Crippen LogP contribution in [0.1, 0.15) is 21.5 Å². The molecule has 0 aromatic heterocycles. The number of hydrogen-bond donors (Lipinski definition) is 1. The van der Waals surface area contributed by atoms with Crippen molar-refractivity contribution in [3.05, 3.63) is 69.4 Å². The van der Waals surface area contributed by atoms with Crippen LogP contribution in [0.2, 0.25) is 0 Å². The van der Waals surface area contributed by atoms with E-state index in [0.717, 1.165) is 15.6 Å². The van der Waals surface area contributed by atoms with Crippen molar-refractivity contribution in [2.45, 2.75) is 13.3 Å². The number of hydrogen-bond acceptors (Lipinski definition) is 1. The van der Waals surface area contributed by atoms with Gasteiger partial charge in [0, 0.05) is 16.6 Å². The number of rotatable bonds is 4. The van der Waals surface area contributed by atoms with Gasteiger partial charge in [0.15, 0.2) is 0 Å². The van der Waals surface area contributed by atoms with Crippen LogP contribution in [-0.2, 0) is 6.42 Å². The summed E-state index contributed by atoms with van der Waals surface area (Å²) in [6, 6.07) is 11.9. The number of carbonyl (C=O) groups is 1. The molecular formula is C16H15BrFNO. The Kier molecular flexibility index (Phi) is 4.90. The van der Waals surface area contributed by atoms with Crippen LogP contribution in [0.25, 0.3) is 0 Å². The molecule has 104 valence electrons. The Morgan fingerprint density at radius 2 is 1.90 bits per heavy atom. The van der Waals surface area contributed by atoms with Gasteiger partial charge >= 0.3 is 0 Å². The molecule has 1 N–H and O–H groups in total. The average molecular weight is 336 g/mol. The van der Waals surface area contributed by atoms with Crippen LogP contribution in [0.4, 0.5) is 4.39 Å². The zero-order chi connectivity index (χ0) is 14.5. The number of halogens is 2. The first-order valence-electron chi connectivity index (χ1n) is 6.35. The molecule has 0 heterocycles. The normalized spacial score (nSPS) is 10.3. The summed E-state index contributed by atoms with van der Waals surface area (Å²) in [7, 11) is 0. The monoisotopic (exact) mass is 335 g/mol. The molecule has 0 radical (unpaired) electrons. The topological polar surface area (TPSA) is 29.1 Å². The summed E-state index contributed by atoms with van der Waals surface area (Å²) < 4.78 is 13.7. The molecule has 0 atom stereocenters. The highest BCUT2D eigenvalue weighted by molar-refractivity contribution is 9.10. The molecule has 4 heteroatoms. The highest BCUT2D eigenvalue weighted by atomic mass is 79.9. The third kappa shape index (κ3) is 3.67. The molecule has 0 saturated carbocycles. The van der Waals surface area contributed by atoms with Gasteiger partial charge in [0.25, 0.3) is 5.91 Å². The molecule has 0 saturated heterocycles. The van der Waals surface area contributed by atoms with Crippen molar-refractivity contribution in [1.29, 1.82) is 0 Å². The number of amides is 1. The molecular weight excluding hydrogens is 321 g/mol. The third-order valence-electron chi connectivity index (χ3n) is 3.12. The fourth-order valence-electron chi connectivity index (χ4n) is 1.92. The van der Waals surface area contributed by atoms with Gasteiger partial charge in [0.05, 0.1) is 0 Å². The summed E-state index contributed by atoms with van der Waals surface area (Å²) in [4.78, 5) is 12.1. The summed E-state index contributed by atoms with van der Waals surface area (Å²) in [6.07, 6.45) is 0.680. The zero-order valence-corrected chi connectivity index (χ0v) is 12.7. The molecule has 2 aromatic rings. The van der Waals surface area contributed by atoms with Gasteiger partial charge in [-0.2, -0.15) is 0 Å². The standard InChI is InChI=1S/C16H15BrFNO/c1-11-14(3-2-4-15(11)17)16(20)19-10-9-12-5-7-13(18)8-6-12/h2-8H,9-10H2,1H3,(H,19,20). The summed E-state index contributed by atoms with van der Waals surface area (Å²) in [5, 5.41) is 2.88. The maximum absolute atomic E-state index is 12.8. The average Bonchev–Trinajstić information content (AvgIpc) is 2.44. The van der Waals surface area contributed by atoms with Crippen molar-refractivity contribution in [1.82, 2.24) is 5.32 Å². The lowest BCUT2D eigenvalue weighted by Gasteiger charge is -2.09. The van der Waals surface area contributed by atoms with Crippen LogP contribution in [0.15, 0.2) is 46.9 Å². The van der Waals surface area contributed by atoms with Gasteiger partial charge in [-0.1, -0.05) is 34.1 Å². The summed E-state index contributed by atoms with van der Waals surface area (Å²) in [5.41, 5.74) is 2.59. The van der Waals surface area contributed by atoms with E-state index in [1.54, 1.807) is 18.2 Å². The zero-order valence-electron chi connectivity index (χ0n) is 11.1. The molecule has 2 nitrogen and oxygen atoms in total. The highest BCUT2D eigenvalue weighted by Crippen LogP contribution is 2.19. The van der Waals surface area contributed by atoms with Crippen molar-refractivity contribution in [2.24, 2.45) is 0 Å². The van der Waals surface area contributed by atoms with E-state index in [-0.39, 0.29) is 11.7 Å². The molecule has 0 unspecified atom stereocenters. The van der Waals surface area contributed by atoms with Crippen LogP contribution in [-0.4, -0.2) is 12.5 Å². The summed E-state index contributed by atoms with van der Waals surface area (Å²) in [6.45, 7) is 2.43. The first-order chi connectivity index (χ1) is 9.58. The van der Waals surface area contributed by atoms with Crippen LogP contribution < -0.4 is 5.32 Å². The van der Waals surface area contributed by atoms with Gasteiger partial charge in [-0.3, -0.25) is 4.79 Å². The van der Waals surface area contributed by atoms with Gasteiger partial charge in [0.1, 0.15) is 5.82 Å². The van der Waals surface area contributed by atoms with E-state index in [1.165, 1.54) is 12.1 Å². The van der Waals surface area contributed by atoms with Gasteiger partial charge in [0.2, 0.25) is 0 Å². The molecule has 0 aliphatic heterocycles. The lowest BCUT2D eigenvalue weighted by Crippen LogP contribution is -2.26. The molecule has 2 aromatic carbocycles. The minimum absolute atomic E-state index is 0.0917. The van der Waals surface area contributed by atoms with E-state index in [2.05, 4.69) is 21.2 Å². The maximum Gasteiger partial charge on any atom is 0.251 e. The van der Waals surface area contributed by atoms with Gasteiger partial charge < -0.3 is 5.32 Å². The maximum atomic E-state index is 12.8. The smallest absolute Gasteiger partial charge is 0.251 e. The quantitative estimate of drug-likeness (QED) is 0.902. The Bertz CT molecular complexity index is 610. The minimum atomic E-state index is -0.248. The van der Waals surface area contributed by atoms with Crippen molar-refractivity contribution in [2.75, 3.05) is 6.54 Å². The lowest BCUT2D eigenvalue weighted by molar-refractivity contribution is 0.0953. The molecule has 0 aliphatic carbocycles. The summed E-state index contributed by atoms with van der Waals surface area (Å²) >= 11 is 3.41. The Morgan fingerprint density at radius 1 is 1.20 bits per heavy atom. The van der Waals surface area contributed by atoms with Crippen LogP contribution in [0.3, 0.4) is 0 Å². The second-order valence-electron chi connectivity index (χ2n) is 4.54. The predicted molar refractivity (Wildman–Crippen MR) is 81.3 cm³/mol. The Labute approximate surface area is 126 Å². The number of carbonyl (C=O) groups excluding carboxylic acids is 1. The van der Waals surface area contributed by atoms with Gasteiger partial charge in [-0.05, 0) is 48.7 Å². The van der Waals surface area contributed by atoms with Crippen molar-refractivity contribution in [3.63, 3.8) is 0 Å². The molecule has 0 spiro atoms. The van der Waals surface area contributed by atoms with Crippen LogP contribution in [0.5, 0.6) is 0 Å². The van der Waals surface area contributed by atoms with E-state index >= 15 is 0 Å². The minimum Gasteiger partial charge on any atom is -0.352 e. The van der Waals surface area contributed by atoms with E-state index in [0.29, 0.717) is 18.5 Å². The fraction of sp³-hybridized carbons (Fsp3) is 0.188. The first kappa shape index (κ1) is 14.7. The molecule has 20 heavy (non-hydrogen) atoms. The Balaban J connectivity index is 1.92. The highest BCUT2D eigenvalue weighted by Gasteiger charge is 2.09. The van der Waals surface area contributed by atoms with Gasteiger partial charge in [-0.15, -0.1) is 0 Å². The van der Waals surface area contributed by atoms with E-state index in [4.69, 9.17) is 0 Å². The molecule has 1 amide bonds. The summed E-state index contributed by atoms with van der Waals surface area (Å²) in [5.74, 6) is -0.339. The van der Waals surface area contributed by atoms with Gasteiger partial charge in [-0.25, -0.2) is 4.39 Å². The third-order valence-corrected chi connectivity index (χ3v) is 3.98. The first-order valence-corrected chi connectivity index (χ1v) is 7.15. The Morgan fingerprint density at radius 3 is 2.60 bits per heavy atom. The second kappa shape index (κ2) is 6.66. The molecule has 0 aliphatic rings. The Hall–Kier alpha value is -1.68. The largest absolute Gasteiger partial charge is 0.352 e. The fourth-order valence-corrected chi connectivity index (χ4v) is 2.29. The lowest BCUT2D eigenvalue weighted by atomic mass is 10.1. The molecule has 2 rings (SSSR count). The van der Waals surface area contributed by atoms with Crippen LogP contribution >= 0.6 is 15.9 Å². The van der Waals surface area contributed by atoms with E-state index in [1.807, 2.05) is 19.1 Å². The van der Waals surface area contributed by atoms with E-state index < -0.39 is 0 Å². The molecule has 0 fully saturated rings. The van der Waals surface area contributed by atoms with E-state index in [9.17, 15) is 9.18 Å². The predicted octanol–water partition coefficient (Wildman–Crippen LogP) is 3.87. The van der Waals surface area contributed by atoms with Crippen molar-refractivity contribution in [3.8, 4) is 0 Å². The second-order valence-corrected chi connectivity index (χ2v) is 5.40. The molecule has 0 bridgehead atoms. The van der Waals surface area contributed by atoms with Crippen molar-refractivity contribution < 1.29 is 9.18 Å². The van der Waals surface area contributed by atoms with Crippen LogP contribution in [0, 0.1) is 12.7 Å².